The van der Waals surface area contributed by atoms with E-state index in [9.17, 15) is 9.59 Å². The van der Waals surface area contributed by atoms with Crippen molar-refractivity contribution in [1.82, 2.24) is 0 Å². The van der Waals surface area contributed by atoms with Crippen LogP contribution in [0.25, 0.3) is 0 Å². The summed E-state index contributed by atoms with van der Waals surface area (Å²) in [5, 5.41) is 5.33. The van der Waals surface area contributed by atoms with E-state index in [1.807, 2.05) is 0 Å². The number of nitrogens with one attached hydrogen (secondary N) is 2. The summed E-state index contributed by atoms with van der Waals surface area (Å²) < 4.78 is 15.7. The summed E-state index contributed by atoms with van der Waals surface area (Å²) >= 11 is 2.07. The van der Waals surface area contributed by atoms with Gasteiger partial charge in [-0.15, -0.1) is 0 Å². The van der Waals surface area contributed by atoms with Gasteiger partial charge in [-0.3, -0.25) is 10.1 Å². The van der Waals surface area contributed by atoms with Crippen molar-refractivity contribution in [3.63, 3.8) is 0 Å². The Morgan fingerprint density at radius 3 is 1.92 bits per heavy atom. The summed E-state index contributed by atoms with van der Waals surface area (Å²) in [7, 11) is 4.34. The van der Waals surface area contributed by atoms with E-state index in [2.05, 4.69) is 38.0 Å². The highest BCUT2D eigenvalue weighted by molar-refractivity contribution is 14.1. The largest absolute Gasteiger partial charge is 0.493 e. The molecule has 2 aromatic rings. The molecule has 0 spiro atoms. The van der Waals surface area contributed by atoms with Crippen LogP contribution >= 0.6 is 22.6 Å². The smallest absolute Gasteiger partial charge is 0.411 e. The van der Waals surface area contributed by atoms with Gasteiger partial charge in [-0.2, -0.15) is 0 Å². The van der Waals surface area contributed by atoms with Crippen LogP contribution in [0.3, 0.4) is 0 Å². The van der Waals surface area contributed by atoms with Crippen LogP contribution in [0.5, 0.6) is 11.5 Å². The summed E-state index contributed by atoms with van der Waals surface area (Å²) in [4.78, 5) is 23.7. The first-order valence-corrected chi connectivity index (χ1v) is 8.24. The van der Waals surface area contributed by atoms with Gasteiger partial charge in [0, 0.05) is 14.9 Å². The van der Waals surface area contributed by atoms with Crippen molar-refractivity contribution in [2.24, 2.45) is 0 Å². The molecule has 0 saturated heterocycles. The molecule has 132 valence electrons. The van der Waals surface area contributed by atoms with Crippen LogP contribution < -0.4 is 20.1 Å². The number of methoxy groups -OCH3 is 3. The van der Waals surface area contributed by atoms with Crippen molar-refractivity contribution in [3.05, 3.63) is 45.5 Å². The molecule has 2 amide bonds. The maximum Gasteiger partial charge on any atom is 0.411 e. The number of amides is 2. The maximum absolute atomic E-state index is 12.5. The Morgan fingerprint density at radius 1 is 0.880 bits per heavy atom. The molecular weight excluding hydrogens is 439 g/mol. The molecule has 0 heterocycles. The van der Waals surface area contributed by atoms with Crippen molar-refractivity contribution < 1.29 is 23.8 Å². The monoisotopic (exact) mass is 456 g/mol. The lowest BCUT2D eigenvalue weighted by atomic mass is 10.1. The van der Waals surface area contributed by atoms with Crippen molar-refractivity contribution in [1.29, 1.82) is 0 Å². The number of anilines is 2. The van der Waals surface area contributed by atoms with Gasteiger partial charge in [-0.05, 0) is 59.0 Å². The Morgan fingerprint density at radius 2 is 1.40 bits per heavy atom. The first kappa shape index (κ1) is 18.8. The van der Waals surface area contributed by atoms with Crippen molar-refractivity contribution in [2.75, 3.05) is 32.0 Å². The van der Waals surface area contributed by atoms with E-state index < -0.39 is 6.09 Å². The van der Waals surface area contributed by atoms with Gasteiger partial charge in [0.1, 0.15) is 0 Å². The Balaban J connectivity index is 2.15. The molecule has 2 N–H and O–H groups in total. The van der Waals surface area contributed by atoms with Gasteiger partial charge in [-0.1, -0.05) is 0 Å². The standard InChI is InChI=1S/C17H17IN2O5/c1-23-14-8-12(13(18)9-15(14)24-2)16(21)19-10-4-6-11(7-5-10)20-17(22)25-3/h4-9H,1-3H3,(H,19,21)(H,20,22). The zero-order chi connectivity index (χ0) is 18.4. The van der Waals surface area contributed by atoms with Crippen LogP contribution in [0.15, 0.2) is 36.4 Å². The van der Waals surface area contributed by atoms with Crippen LogP contribution in [-0.2, 0) is 4.74 Å². The molecule has 0 aliphatic rings. The van der Waals surface area contributed by atoms with E-state index in [4.69, 9.17) is 9.47 Å². The van der Waals surface area contributed by atoms with E-state index in [1.54, 1.807) is 36.4 Å². The molecule has 0 aliphatic carbocycles. The van der Waals surface area contributed by atoms with Gasteiger partial charge in [0.15, 0.2) is 11.5 Å². The fourth-order valence-electron chi connectivity index (χ4n) is 2.03. The van der Waals surface area contributed by atoms with Crippen molar-refractivity contribution in [2.45, 2.75) is 0 Å². The fourth-order valence-corrected chi connectivity index (χ4v) is 2.72. The lowest BCUT2D eigenvalue weighted by Gasteiger charge is -2.12. The number of rotatable bonds is 5. The number of hydrogen-bond acceptors (Lipinski definition) is 5. The predicted molar refractivity (Wildman–Crippen MR) is 103 cm³/mol. The first-order valence-electron chi connectivity index (χ1n) is 7.16. The second kappa shape index (κ2) is 8.56. The molecule has 0 aliphatic heterocycles. The average molecular weight is 456 g/mol. The van der Waals surface area contributed by atoms with Gasteiger partial charge in [0.2, 0.25) is 0 Å². The lowest BCUT2D eigenvalue weighted by molar-refractivity contribution is 0.102. The summed E-state index contributed by atoms with van der Waals surface area (Å²) in [6.07, 6.45) is -0.559. The number of carbonyl (C=O) groups excluding carboxylic acids is 2. The Labute approximate surface area is 158 Å². The summed E-state index contributed by atoms with van der Waals surface area (Å²) in [6.45, 7) is 0. The zero-order valence-electron chi connectivity index (χ0n) is 13.9. The topological polar surface area (TPSA) is 85.9 Å². The van der Waals surface area contributed by atoms with Crippen molar-refractivity contribution >= 4 is 46.0 Å². The molecule has 0 aromatic heterocycles. The highest BCUT2D eigenvalue weighted by Crippen LogP contribution is 2.31. The molecular formula is C17H17IN2O5. The Bertz CT molecular complexity index is 777. The highest BCUT2D eigenvalue weighted by atomic mass is 127. The molecule has 0 atom stereocenters. The fraction of sp³-hybridized carbons (Fsp3) is 0.176. The third-order valence-electron chi connectivity index (χ3n) is 3.29. The van der Waals surface area contributed by atoms with Gasteiger partial charge >= 0.3 is 6.09 Å². The number of ether oxygens (including phenoxy) is 3. The average Bonchev–Trinajstić information content (AvgIpc) is 2.62. The molecule has 0 bridgehead atoms. The number of benzene rings is 2. The normalized spacial score (nSPS) is 9.92. The zero-order valence-corrected chi connectivity index (χ0v) is 16.0. The molecule has 8 heteroatoms. The summed E-state index contributed by atoms with van der Waals surface area (Å²) in [5.41, 5.74) is 1.62. The van der Waals surface area contributed by atoms with Gasteiger partial charge in [0.05, 0.1) is 26.9 Å². The van der Waals surface area contributed by atoms with Crippen molar-refractivity contribution in [3.8, 4) is 11.5 Å². The Kier molecular flexibility index (Phi) is 6.45. The van der Waals surface area contributed by atoms with Gasteiger partial charge < -0.3 is 19.5 Å². The highest BCUT2D eigenvalue weighted by Gasteiger charge is 2.15. The third kappa shape index (κ3) is 4.75. The molecule has 0 saturated carbocycles. The second-order valence-electron chi connectivity index (χ2n) is 4.84. The van der Waals surface area contributed by atoms with Gasteiger partial charge in [0.25, 0.3) is 5.91 Å². The molecule has 7 nitrogen and oxygen atoms in total. The van der Waals surface area contributed by atoms with E-state index in [0.717, 1.165) is 3.57 Å². The molecule has 2 aromatic carbocycles. The minimum atomic E-state index is -0.559. The minimum Gasteiger partial charge on any atom is -0.493 e. The minimum absolute atomic E-state index is 0.279. The van der Waals surface area contributed by atoms with Crippen LogP contribution in [0.2, 0.25) is 0 Å². The number of carbonyl (C=O) groups is 2. The third-order valence-corrected chi connectivity index (χ3v) is 4.18. The van der Waals surface area contributed by atoms with E-state index >= 15 is 0 Å². The quantitative estimate of drug-likeness (QED) is 0.670. The van der Waals surface area contributed by atoms with Crippen LogP contribution in [0, 0.1) is 3.57 Å². The van der Waals surface area contributed by atoms with Crippen LogP contribution in [0.4, 0.5) is 16.2 Å². The summed E-state index contributed by atoms with van der Waals surface area (Å²) in [6, 6.07) is 10.0. The van der Waals surface area contributed by atoms with E-state index in [-0.39, 0.29) is 5.91 Å². The number of halogens is 1. The predicted octanol–water partition coefficient (Wildman–Crippen LogP) is 3.74. The van der Waals surface area contributed by atoms with Crippen LogP contribution in [-0.4, -0.2) is 33.3 Å². The van der Waals surface area contributed by atoms with Crippen LogP contribution in [0.1, 0.15) is 10.4 Å². The lowest BCUT2D eigenvalue weighted by Crippen LogP contribution is -2.14. The molecule has 0 unspecified atom stereocenters. The van der Waals surface area contributed by atoms with Gasteiger partial charge in [-0.25, -0.2) is 4.79 Å². The summed E-state index contributed by atoms with van der Waals surface area (Å²) in [5.74, 6) is 0.756. The molecule has 25 heavy (non-hydrogen) atoms. The number of hydrogen-bond donors (Lipinski definition) is 2. The molecule has 0 radical (unpaired) electrons. The maximum atomic E-state index is 12.5. The first-order chi connectivity index (χ1) is 12.0. The SMILES string of the molecule is COC(=O)Nc1ccc(NC(=O)c2cc(OC)c(OC)cc2I)cc1. The Hall–Kier alpha value is -2.49. The van der Waals surface area contributed by atoms with E-state index in [1.165, 1.54) is 21.3 Å². The van der Waals surface area contributed by atoms with E-state index in [0.29, 0.717) is 28.4 Å². The molecule has 0 fully saturated rings. The second-order valence-corrected chi connectivity index (χ2v) is 6.00. The molecule has 2 rings (SSSR count).